The second kappa shape index (κ2) is 6.71. The van der Waals surface area contributed by atoms with Crippen molar-refractivity contribution in [1.29, 1.82) is 0 Å². The van der Waals surface area contributed by atoms with Gasteiger partial charge in [0.25, 0.3) is 0 Å². The lowest BCUT2D eigenvalue weighted by atomic mass is 10.1. The predicted octanol–water partition coefficient (Wildman–Crippen LogP) is 2.91. The fraction of sp³-hybridized carbons (Fsp3) is 0.455. The van der Waals surface area contributed by atoms with Gasteiger partial charge in [-0.1, -0.05) is 17.2 Å². The highest BCUT2D eigenvalue weighted by molar-refractivity contribution is 5.27. The molecule has 0 aliphatic heterocycles. The Hall–Kier alpha value is -1.71. The first kappa shape index (κ1) is 12.4. The molecule has 0 bridgehead atoms. The van der Waals surface area contributed by atoms with E-state index in [1.165, 1.54) is 7.11 Å². The monoisotopic (exact) mass is 221 g/mol. The number of methoxy groups -OCH3 is 2. The van der Waals surface area contributed by atoms with Crippen LogP contribution in [0.3, 0.4) is 0 Å². The van der Waals surface area contributed by atoms with Crippen LogP contribution in [0.4, 0.5) is 0 Å². The molecule has 0 amide bonds. The molecular weight excluding hydrogens is 206 g/mol. The van der Waals surface area contributed by atoms with E-state index in [2.05, 4.69) is 10.0 Å². The van der Waals surface area contributed by atoms with Crippen LogP contribution >= 0.6 is 0 Å². The maximum atomic E-state index is 8.30. The van der Waals surface area contributed by atoms with Crippen molar-refractivity contribution in [2.75, 3.05) is 14.2 Å². The third-order valence-electron chi connectivity index (χ3n) is 2.29. The fourth-order valence-electron chi connectivity index (χ4n) is 1.36. The van der Waals surface area contributed by atoms with E-state index >= 15 is 0 Å². The number of nitrogens with zero attached hydrogens (tertiary/aromatic N) is 3. The zero-order valence-electron chi connectivity index (χ0n) is 9.46. The minimum atomic E-state index is -0.396. The molecule has 0 heterocycles. The molecule has 16 heavy (non-hydrogen) atoms. The third-order valence-corrected chi connectivity index (χ3v) is 2.29. The second-order valence-electron chi connectivity index (χ2n) is 3.28. The van der Waals surface area contributed by atoms with E-state index in [9.17, 15) is 0 Å². The van der Waals surface area contributed by atoms with E-state index in [0.717, 1.165) is 17.7 Å². The summed E-state index contributed by atoms with van der Waals surface area (Å²) in [6.45, 7) is 0. The van der Waals surface area contributed by atoms with Crippen molar-refractivity contribution in [2.45, 2.75) is 19.1 Å². The molecule has 1 aromatic carbocycles. The summed E-state index contributed by atoms with van der Waals surface area (Å²) in [6.07, 6.45) is 1.08. The van der Waals surface area contributed by atoms with Gasteiger partial charge in [0, 0.05) is 12.0 Å². The molecule has 5 heteroatoms. The van der Waals surface area contributed by atoms with Crippen LogP contribution in [0.1, 0.15) is 12.0 Å². The maximum Gasteiger partial charge on any atom is 0.136 e. The van der Waals surface area contributed by atoms with Gasteiger partial charge in [0.1, 0.15) is 12.0 Å². The quantitative estimate of drug-likeness (QED) is 0.421. The lowest BCUT2D eigenvalue weighted by Gasteiger charge is -2.08. The Kier molecular flexibility index (Phi) is 5.19. The zero-order valence-corrected chi connectivity index (χ0v) is 9.46. The molecule has 0 saturated heterocycles. The van der Waals surface area contributed by atoms with Crippen LogP contribution in [0.15, 0.2) is 29.4 Å². The lowest BCUT2D eigenvalue weighted by Crippen LogP contribution is -2.07. The summed E-state index contributed by atoms with van der Waals surface area (Å²) in [5.41, 5.74) is 9.46. The van der Waals surface area contributed by atoms with Gasteiger partial charge in [0.2, 0.25) is 0 Å². The Labute approximate surface area is 94.6 Å². The molecule has 0 saturated carbocycles. The van der Waals surface area contributed by atoms with Gasteiger partial charge in [-0.3, -0.25) is 0 Å². The van der Waals surface area contributed by atoms with Gasteiger partial charge in [0.05, 0.1) is 7.11 Å². The van der Waals surface area contributed by atoms with Gasteiger partial charge in [-0.2, -0.15) is 0 Å². The molecule has 0 spiro atoms. The van der Waals surface area contributed by atoms with Gasteiger partial charge in [-0.15, -0.1) is 0 Å². The number of benzene rings is 1. The Morgan fingerprint density at radius 1 is 1.31 bits per heavy atom. The number of hydrogen-bond acceptors (Lipinski definition) is 3. The highest BCUT2D eigenvalue weighted by atomic mass is 16.5. The predicted molar refractivity (Wildman–Crippen MR) is 61.3 cm³/mol. The van der Waals surface area contributed by atoms with Crippen LogP contribution in [0.25, 0.3) is 10.4 Å². The summed E-state index contributed by atoms with van der Waals surface area (Å²) in [6, 6.07) is 7.79. The molecule has 1 unspecified atom stereocenters. The molecule has 1 aromatic rings. The van der Waals surface area contributed by atoms with Gasteiger partial charge in [0.15, 0.2) is 0 Å². The number of aryl methyl sites for hydroxylation is 1. The summed E-state index contributed by atoms with van der Waals surface area (Å²) < 4.78 is 10.1. The minimum Gasteiger partial charge on any atom is -0.497 e. The molecular formula is C11H15N3O2. The average Bonchev–Trinajstić information content (AvgIpc) is 2.35. The molecule has 5 nitrogen and oxygen atoms in total. The smallest absolute Gasteiger partial charge is 0.136 e. The topological polar surface area (TPSA) is 67.2 Å². The van der Waals surface area contributed by atoms with Crippen molar-refractivity contribution >= 4 is 0 Å². The average molecular weight is 221 g/mol. The van der Waals surface area contributed by atoms with Gasteiger partial charge in [-0.05, 0) is 36.1 Å². The van der Waals surface area contributed by atoms with Crippen molar-refractivity contribution in [3.8, 4) is 5.75 Å². The van der Waals surface area contributed by atoms with Gasteiger partial charge < -0.3 is 9.47 Å². The van der Waals surface area contributed by atoms with Crippen LogP contribution in [0.5, 0.6) is 5.75 Å². The molecule has 0 aliphatic rings. The largest absolute Gasteiger partial charge is 0.497 e. The molecule has 0 N–H and O–H groups in total. The first-order valence-corrected chi connectivity index (χ1v) is 5.00. The zero-order chi connectivity index (χ0) is 11.8. The highest BCUT2D eigenvalue weighted by Gasteiger charge is 2.04. The fourth-order valence-corrected chi connectivity index (χ4v) is 1.36. The van der Waals surface area contributed by atoms with E-state index in [0.29, 0.717) is 6.42 Å². The molecule has 1 atom stereocenters. The van der Waals surface area contributed by atoms with Crippen molar-refractivity contribution in [2.24, 2.45) is 5.11 Å². The Morgan fingerprint density at radius 2 is 2.00 bits per heavy atom. The Bertz CT molecular complexity index is 358. The summed E-state index contributed by atoms with van der Waals surface area (Å²) in [7, 11) is 3.17. The number of ether oxygens (including phenoxy) is 2. The summed E-state index contributed by atoms with van der Waals surface area (Å²) in [4.78, 5) is 2.73. The van der Waals surface area contributed by atoms with E-state index in [1.807, 2.05) is 24.3 Å². The summed E-state index contributed by atoms with van der Waals surface area (Å²) in [5, 5.41) is 3.53. The van der Waals surface area contributed by atoms with Crippen molar-refractivity contribution in [3.63, 3.8) is 0 Å². The first-order valence-electron chi connectivity index (χ1n) is 5.00. The summed E-state index contributed by atoms with van der Waals surface area (Å²) in [5.74, 6) is 0.835. The van der Waals surface area contributed by atoms with E-state index in [1.54, 1.807) is 7.11 Å². The Balaban J connectivity index is 2.50. The second-order valence-corrected chi connectivity index (χ2v) is 3.28. The Morgan fingerprint density at radius 3 is 2.50 bits per heavy atom. The molecule has 0 fully saturated rings. The van der Waals surface area contributed by atoms with Gasteiger partial charge >= 0.3 is 0 Å². The highest BCUT2D eigenvalue weighted by Crippen LogP contribution is 2.14. The van der Waals surface area contributed by atoms with Crippen LogP contribution in [0, 0.1) is 0 Å². The third kappa shape index (κ3) is 3.81. The molecule has 0 aliphatic carbocycles. The van der Waals surface area contributed by atoms with Crippen molar-refractivity contribution in [3.05, 3.63) is 40.3 Å². The van der Waals surface area contributed by atoms with Gasteiger partial charge in [-0.25, -0.2) is 0 Å². The standard InChI is InChI=1S/C11H15N3O2/c1-15-10-6-3-9(4-7-10)5-8-11(16-2)13-14-12/h3-4,6-7,11H,5,8H2,1-2H3. The molecule has 0 radical (unpaired) electrons. The van der Waals surface area contributed by atoms with Crippen LogP contribution in [-0.2, 0) is 11.2 Å². The van der Waals surface area contributed by atoms with Crippen LogP contribution < -0.4 is 4.74 Å². The first-order chi connectivity index (χ1) is 7.80. The molecule has 1 rings (SSSR count). The number of azide groups is 1. The van der Waals surface area contributed by atoms with E-state index < -0.39 is 6.23 Å². The summed E-state index contributed by atoms with van der Waals surface area (Å²) >= 11 is 0. The van der Waals surface area contributed by atoms with E-state index in [-0.39, 0.29) is 0 Å². The number of hydrogen-bond donors (Lipinski definition) is 0. The SMILES string of the molecule is COc1ccc(CCC(N=[N+]=[N-])OC)cc1. The van der Waals surface area contributed by atoms with Crippen molar-refractivity contribution < 1.29 is 9.47 Å². The van der Waals surface area contributed by atoms with E-state index in [4.69, 9.17) is 15.0 Å². The molecule has 0 aromatic heterocycles. The lowest BCUT2D eigenvalue weighted by molar-refractivity contribution is 0.101. The number of rotatable bonds is 6. The molecule has 86 valence electrons. The van der Waals surface area contributed by atoms with Crippen LogP contribution in [-0.4, -0.2) is 20.4 Å². The normalized spacial score (nSPS) is 11.6. The van der Waals surface area contributed by atoms with Crippen LogP contribution in [0.2, 0.25) is 0 Å². The minimum absolute atomic E-state index is 0.396. The van der Waals surface area contributed by atoms with Crippen molar-refractivity contribution in [1.82, 2.24) is 0 Å². The maximum absolute atomic E-state index is 8.30.